The zero-order valence-corrected chi connectivity index (χ0v) is 10.5. The Balaban J connectivity index is 1.99. The summed E-state index contributed by atoms with van der Waals surface area (Å²) in [5, 5.41) is 11.1. The molecule has 0 atom stereocenters. The maximum absolute atomic E-state index is 4.69. The van der Waals surface area contributed by atoms with Crippen molar-refractivity contribution in [2.75, 3.05) is 18.0 Å². The van der Waals surface area contributed by atoms with E-state index in [-0.39, 0.29) is 0 Å². The van der Waals surface area contributed by atoms with Gasteiger partial charge in [0.2, 0.25) is 5.95 Å². The molecule has 0 unspecified atom stereocenters. The number of aromatic nitrogens is 6. The first-order chi connectivity index (χ1) is 9.33. The van der Waals surface area contributed by atoms with E-state index >= 15 is 0 Å². The van der Waals surface area contributed by atoms with E-state index in [2.05, 4.69) is 25.2 Å². The van der Waals surface area contributed by atoms with Crippen LogP contribution in [0.15, 0.2) is 18.6 Å². The minimum absolute atomic E-state index is 0.781. The van der Waals surface area contributed by atoms with Crippen LogP contribution in [0.4, 0.5) is 5.95 Å². The third kappa shape index (κ3) is 1.51. The van der Waals surface area contributed by atoms with Crippen LogP contribution in [-0.2, 0) is 7.05 Å². The minimum atomic E-state index is 0.781. The Morgan fingerprint density at radius 2 is 2.11 bits per heavy atom. The standard InChI is InChI=1S/C12H13N7/c1-18-11-9(7-15-18)16-12(19-3-2-4-19)17-10(11)8-5-13-14-6-8/h5-7H,2-4H2,1H3,(H,13,14). The molecule has 1 N–H and O–H groups in total. The van der Waals surface area contributed by atoms with Crippen molar-refractivity contribution >= 4 is 17.0 Å². The van der Waals surface area contributed by atoms with Gasteiger partial charge in [-0.3, -0.25) is 9.78 Å². The molecule has 0 amide bonds. The van der Waals surface area contributed by atoms with Crippen LogP contribution in [0.3, 0.4) is 0 Å². The molecule has 4 heterocycles. The van der Waals surface area contributed by atoms with Crippen LogP contribution in [0.5, 0.6) is 0 Å². The number of hydrogen-bond donors (Lipinski definition) is 1. The van der Waals surface area contributed by atoms with Crippen LogP contribution in [0.1, 0.15) is 6.42 Å². The molecule has 3 aromatic heterocycles. The third-order valence-corrected chi connectivity index (χ3v) is 3.49. The first-order valence-corrected chi connectivity index (χ1v) is 6.27. The van der Waals surface area contributed by atoms with E-state index < -0.39 is 0 Å². The van der Waals surface area contributed by atoms with Gasteiger partial charge in [0, 0.05) is 31.9 Å². The number of hydrogen-bond acceptors (Lipinski definition) is 5. The van der Waals surface area contributed by atoms with E-state index in [0.29, 0.717) is 0 Å². The van der Waals surface area contributed by atoms with Gasteiger partial charge in [-0.15, -0.1) is 0 Å². The maximum atomic E-state index is 4.69. The Bertz CT molecular complexity index is 724. The van der Waals surface area contributed by atoms with E-state index in [9.17, 15) is 0 Å². The van der Waals surface area contributed by atoms with Crippen LogP contribution in [0, 0.1) is 0 Å². The number of aromatic amines is 1. The van der Waals surface area contributed by atoms with Crippen molar-refractivity contribution < 1.29 is 0 Å². The smallest absolute Gasteiger partial charge is 0.226 e. The van der Waals surface area contributed by atoms with Gasteiger partial charge >= 0.3 is 0 Å². The molecule has 1 fully saturated rings. The summed E-state index contributed by atoms with van der Waals surface area (Å²) < 4.78 is 1.80. The summed E-state index contributed by atoms with van der Waals surface area (Å²) in [6.45, 7) is 2.05. The van der Waals surface area contributed by atoms with Crippen molar-refractivity contribution in [2.45, 2.75) is 6.42 Å². The number of aryl methyl sites for hydroxylation is 1. The lowest BCUT2D eigenvalue weighted by Gasteiger charge is -2.31. The summed E-state index contributed by atoms with van der Waals surface area (Å²) in [4.78, 5) is 11.5. The predicted octanol–water partition coefficient (Wildman–Crippen LogP) is 0.963. The average Bonchev–Trinajstić information content (AvgIpc) is 2.96. The van der Waals surface area contributed by atoms with Gasteiger partial charge in [0.25, 0.3) is 0 Å². The number of nitrogens with zero attached hydrogens (tertiary/aromatic N) is 6. The molecule has 0 bridgehead atoms. The fourth-order valence-electron chi connectivity index (χ4n) is 2.31. The van der Waals surface area contributed by atoms with Crippen molar-refractivity contribution in [1.82, 2.24) is 29.9 Å². The van der Waals surface area contributed by atoms with E-state index in [1.54, 1.807) is 17.1 Å². The van der Waals surface area contributed by atoms with E-state index in [1.807, 2.05) is 13.2 Å². The Hall–Kier alpha value is -2.44. The molecule has 7 nitrogen and oxygen atoms in total. The summed E-state index contributed by atoms with van der Waals surface area (Å²) >= 11 is 0. The van der Waals surface area contributed by atoms with Gasteiger partial charge in [0.1, 0.15) is 16.7 Å². The zero-order chi connectivity index (χ0) is 12.8. The highest BCUT2D eigenvalue weighted by Gasteiger charge is 2.21. The van der Waals surface area contributed by atoms with Crippen LogP contribution in [0.25, 0.3) is 22.3 Å². The highest BCUT2D eigenvalue weighted by molar-refractivity contribution is 5.89. The Morgan fingerprint density at radius 3 is 2.79 bits per heavy atom. The van der Waals surface area contributed by atoms with Crippen molar-refractivity contribution in [3.8, 4) is 11.3 Å². The maximum Gasteiger partial charge on any atom is 0.226 e. The molecule has 1 aliphatic heterocycles. The van der Waals surface area contributed by atoms with Gasteiger partial charge in [0.15, 0.2) is 0 Å². The van der Waals surface area contributed by atoms with Gasteiger partial charge in [-0.1, -0.05) is 0 Å². The summed E-state index contributed by atoms with van der Waals surface area (Å²) in [7, 11) is 1.90. The van der Waals surface area contributed by atoms with Gasteiger partial charge < -0.3 is 4.90 Å². The van der Waals surface area contributed by atoms with Gasteiger partial charge in [0.05, 0.1) is 12.4 Å². The molecule has 0 aliphatic carbocycles. The third-order valence-electron chi connectivity index (χ3n) is 3.49. The summed E-state index contributed by atoms with van der Waals surface area (Å²) in [5.74, 6) is 0.781. The molecule has 1 saturated heterocycles. The monoisotopic (exact) mass is 255 g/mol. The molecule has 0 saturated carbocycles. The summed E-state index contributed by atoms with van der Waals surface area (Å²) in [6, 6.07) is 0. The summed E-state index contributed by atoms with van der Waals surface area (Å²) in [5.41, 5.74) is 3.64. The normalized spacial score (nSPS) is 14.9. The van der Waals surface area contributed by atoms with Gasteiger partial charge in [-0.2, -0.15) is 10.2 Å². The first-order valence-electron chi connectivity index (χ1n) is 6.27. The molecule has 0 spiro atoms. The van der Waals surface area contributed by atoms with Crippen molar-refractivity contribution in [2.24, 2.45) is 7.05 Å². The Morgan fingerprint density at radius 1 is 1.21 bits per heavy atom. The fourth-order valence-corrected chi connectivity index (χ4v) is 2.31. The van der Waals surface area contributed by atoms with Crippen LogP contribution < -0.4 is 4.90 Å². The molecular weight excluding hydrogens is 242 g/mol. The van der Waals surface area contributed by atoms with Crippen LogP contribution in [-0.4, -0.2) is 43.0 Å². The number of nitrogens with one attached hydrogen (secondary N) is 1. The lowest BCUT2D eigenvalue weighted by Crippen LogP contribution is -2.38. The SMILES string of the molecule is Cn1ncc2nc(N3CCC3)nc(-c3cn[nH]c3)c21. The quantitative estimate of drug-likeness (QED) is 0.738. The lowest BCUT2D eigenvalue weighted by atomic mass is 10.2. The zero-order valence-electron chi connectivity index (χ0n) is 10.5. The molecule has 96 valence electrons. The number of fused-ring (bicyclic) bond motifs is 1. The number of rotatable bonds is 2. The van der Waals surface area contributed by atoms with Crippen LogP contribution >= 0.6 is 0 Å². The first kappa shape index (κ1) is 10.5. The molecule has 7 heteroatoms. The molecule has 19 heavy (non-hydrogen) atoms. The van der Waals surface area contributed by atoms with Crippen molar-refractivity contribution in [1.29, 1.82) is 0 Å². The predicted molar refractivity (Wildman–Crippen MR) is 70.7 cm³/mol. The summed E-state index contributed by atoms with van der Waals surface area (Å²) in [6.07, 6.45) is 6.60. The number of H-pyrrole nitrogens is 1. The largest absolute Gasteiger partial charge is 0.341 e. The van der Waals surface area contributed by atoms with Crippen LogP contribution in [0.2, 0.25) is 0 Å². The Labute approximate surface area is 109 Å². The van der Waals surface area contributed by atoms with Crippen molar-refractivity contribution in [3.63, 3.8) is 0 Å². The second-order valence-electron chi connectivity index (χ2n) is 4.70. The molecular formula is C12H13N7. The van der Waals surface area contributed by atoms with Crippen molar-refractivity contribution in [3.05, 3.63) is 18.6 Å². The molecule has 1 aliphatic rings. The van der Waals surface area contributed by atoms with E-state index in [0.717, 1.165) is 41.3 Å². The number of anilines is 1. The second-order valence-corrected chi connectivity index (χ2v) is 4.70. The van der Waals surface area contributed by atoms with E-state index in [4.69, 9.17) is 4.98 Å². The van der Waals surface area contributed by atoms with Gasteiger partial charge in [-0.25, -0.2) is 9.97 Å². The molecule has 3 aromatic rings. The second kappa shape index (κ2) is 3.78. The lowest BCUT2D eigenvalue weighted by molar-refractivity contribution is 0.602. The molecule has 0 aromatic carbocycles. The molecule has 0 radical (unpaired) electrons. The average molecular weight is 255 g/mol. The van der Waals surface area contributed by atoms with Gasteiger partial charge in [-0.05, 0) is 6.42 Å². The highest BCUT2D eigenvalue weighted by atomic mass is 15.3. The minimum Gasteiger partial charge on any atom is -0.341 e. The Kier molecular flexibility index (Phi) is 2.08. The highest BCUT2D eigenvalue weighted by Crippen LogP contribution is 2.28. The topological polar surface area (TPSA) is 75.5 Å². The fraction of sp³-hybridized carbons (Fsp3) is 0.333. The van der Waals surface area contributed by atoms with E-state index in [1.165, 1.54) is 6.42 Å². The molecule has 4 rings (SSSR count).